The summed E-state index contributed by atoms with van der Waals surface area (Å²) in [6, 6.07) is 7.93. The molecule has 0 spiro atoms. The van der Waals surface area contributed by atoms with Gasteiger partial charge in [-0.25, -0.2) is 0 Å². The molecule has 1 aromatic carbocycles. The van der Waals surface area contributed by atoms with Gasteiger partial charge in [-0.15, -0.1) is 0 Å². The summed E-state index contributed by atoms with van der Waals surface area (Å²) in [4.78, 5) is 13.8. The predicted octanol–water partition coefficient (Wildman–Crippen LogP) is 1.94. The van der Waals surface area contributed by atoms with Crippen LogP contribution in [0.1, 0.15) is 32.0 Å². The molecule has 1 aliphatic rings. The standard InChI is InChI=1S/C16H24N2O3/c1-3-10-21-14-7-5-13(6-8-14)16-17-12-15(19)18(16)9-11-20-4-2/h5-8,16-17H,3-4,9-12H2,1-2H3. The van der Waals surface area contributed by atoms with Crippen molar-refractivity contribution in [3.05, 3.63) is 29.8 Å². The fourth-order valence-electron chi connectivity index (χ4n) is 2.36. The van der Waals surface area contributed by atoms with Gasteiger partial charge >= 0.3 is 0 Å². The highest BCUT2D eigenvalue weighted by Gasteiger charge is 2.31. The van der Waals surface area contributed by atoms with E-state index in [1.54, 1.807) is 0 Å². The van der Waals surface area contributed by atoms with Crippen molar-refractivity contribution in [2.24, 2.45) is 0 Å². The van der Waals surface area contributed by atoms with Gasteiger partial charge in [0.05, 0.1) is 19.8 Å². The van der Waals surface area contributed by atoms with E-state index in [-0.39, 0.29) is 12.1 Å². The second-order valence-corrected chi connectivity index (χ2v) is 4.98. The molecule has 1 aromatic rings. The highest BCUT2D eigenvalue weighted by molar-refractivity contribution is 5.80. The van der Waals surface area contributed by atoms with Crippen LogP contribution in [0.3, 0.4) is 0 Å². The van der Waals surface area contributed by atoms with E-state index >= 15 is 0 Å². The number of rotatable bonds is 8. The lowest BCUT2D eigenvalue weighted by molar-refractivity contribution is -0.128. The number of carbonyl (C=O) groups is 1. The molecule has 1 aliphatic heterocycles. The maximum Gasteiger partial charge on any atom is 0.238 e. The van der Waals surface area contributed by atoms with Crippen LogP contribution in [0.2, 0.25) is 0 Å². The molecular weight excluding hydrogens is 268 g/mol. The van der Waals surface area contributed by atoms with Gasteiger partial charge in [0, 0.05) is 13.2 Å². The molecular formula is C16H24N2O3. The largest absolute Gasteiger partial charge is 0.494 e. The van der Waals surface area contributed by atoms with Gasteiger partial charge in [0.2, 0.25) is 5.91 Å². The first-order chi connectivity index (χ1) is 10.3. The van der Waals surface area contributed by atoms with E-state index in [1.807, 2.05) is 36.1 Å². The fourth-order valence-corrected chi connectivity index (χ4v) is 2.36. The Hall–Kier alpha value is -1.59. The average molecular weight is 292 g/mol. The molecule has 0 aromatic heterocycles. The predicted molar refractivity (Wildman–Crippen MR) is 81.2 cm³/mol. The number of nitrogens with one attached hydrogen (secondary N) is 1. The topological polar surface area (TPSA) is 50.8 Å². The third-order valence-electron chi connectivity index (χ3n) is 3.43. The molecule has 0 aliphatic carbocycles. The fraction of sp³-hybridized carbons (Fsp3) is 0.562. The molecule has 0 saturated carbocycles. The third-order valence-corrected chi connectivity index (χ3v) is 3.43. The molecule has 1 fully saturated rings. The minimum Gasteiger partial charge on any atom is -0.494 e. The third kappa shape index (κ3) is 4.19. The van der Waals surface area contributed by atoms with Gasteiger partial charge in [0.15, 0.2) is 0 Å². The van der Waals surface area contributed by atoms with Crippen molar-refractivity contribution in [1.82, 2.24) is 10.2 Å². The molecule has 5 heteroatoms. The van der Waals surface area contributed by atoms with Crippen LogP contribution in [0.25, 0.3) is 0 Å². The van der Waals surface area contributed by atoms with Crippen LogP contribution in [0.15, 0.2) is 24.3 Å². The SMILES string of the molecule is CCCOc1ccc(C2NCC(=O)N2CCOCC)cc1. The molecule has 1 N–H and O–H groups in total. The van der Waals surface area contributed by atoms with E-state index in [1.165, 1.54) is 0 Å². The average Bonchev–Trinajstić information content (AvgIpc) is 2.87. The number of amides is 1. The molecule has 1 heterocycles. The zero-order valence-corrected chi connectivity index (χ0v) is 12.8. The Morgan fingerprint density at radius 2 is 2.00 bits per heavy atom. The van der Waals surface area contributed by atoms with E-state index in [0.717, 1.165) is 24.3 Å². The van der Waals surface area contributed by atoms with Crippen LogP contribution in [-0.4, -0.2) is 43.7 Å². The van der Waals surface area contributed by atoms with Crippen LogP contribution >= 0.6 is 0 Å². The van der Waals surface area contributed by atoms with Crippen LogP contribution in [0.4, 0.5) is 0 Å². The second-order valence-electron chi connectivity index (χ2n) is 4.98. The summed E-state index contributed by atoms with van der Waals surface area (Å²) in [7, 11) is 0. The summed E-state index contributed by atoms with van der Waals surface area (Å²) in [5.41, 5.74) is 1.07. The van der Waals surface area contributed by atoms with Crippen molar-refractivity contribution in [2.45, 2.75) is 26.4 Å². The summed E-state index contributed by atoms with van der Waals surface area (Å²) >= 11 is 0. The summed E-state index contributed by atoms with van der Waals surface area (Å²) in [6.45, 7) is 6.99. The zero-order valence-electron chi connectivity index (χ0n) is 12.8. The lowest BCUT2D eigenvalue weighted by Gasteiger charge is -2.24. The Balaban J connectivity index is 1.99. The Kier molecular flexibility index (Phi) is 6.02. The van der Waals surface area contributed by atoms with Gasteiger partial charge in [-0.3, -0.25) is 10.1 Å². The molecule has 0 bridgehead atoms. The summed E-state index contributed by atoms with van der Waals surface area (Å²) < 4.78 is 10.9. The van der Waals surface area contributed by atoms with Crippen LogP contribution in [0, 0.1) is 0 Å². The van der Waals surface area contributed by atoms with Crippen molar-refractivity contribution < 1.29 is 14.3 Å². The minimum absolute atomic E-state index is 0.0711. The number of carbonyl (C=O) groups excluding carboxylic acids is 1. The van der Waals surface area contributed by atoms with E-state index < -0.39 is 0 Å². The van der Waals surface area contributed by atoms with Gasteiger partial charge in [0.1, 0.15) is 11.9 Å². The van der Waals surface area contributed by atoms with Crippen LogP contribution < -0.4 is 10.1 Å². The van der Waals surface area contributed by atoms with Crippen molar-refractivity contribution in [3.8, 4) is 5.75 Å². The molecule has 1 unspecified atom stereocenters. The maximum absolute atomic E-state index is 11.9. The molecule has 2 rings (SSSR count). The molecule has 1 amide bonds. The lowest BCUT2D eigenvalue weighted by atomic mass is 10.1. The van der Waals surface area contributed by atoms with Gasteiger partial charge in [0.25, 0.3) is 0 Å². The molecule has 0 radical (unpaired) electrons. The smallest absolute Gasteiger partial charge is 0.238 e. The highest BCUT2D eigenvalue weighted by Crippen LogP contribution is 2.24. The first-order valence-electron chi connectivity index (χ1n) is 7.59. The quantitative estimate of drug-likeness (QED) is 0.744. The first kappa shape index (κ1) is 15.8. The van der Waals surface area contributed by atoms with Crippen molar-refractivity contribution in [2.75, 3.05) is 32.9 Å². The number of benzene rings is 1. The summed E-state index contributed by atoms with van der Waals surface area (Å²) in [6.07, 6.45) is 0.921. The zero-order chi connectivity index (χ0) is 15.1. The Bertz CT molecular complexity index is 447. The first-order valence-corrected chi connectivity index (χ1v) is 7.59. The van der Waals surface area contributed by atoms with E-state index in [0.29, 0.717) is 26.3 Å². The normalized spacial score (nSPS) is 18.3. The van der Waals surface area contributed by atoms with E-state index in [9.17, 15) is 4.79 Å². The number of hydrogen-bond donors (Lipinski definition) is 1. The van der Waals surface area contributed by atoms with E-state index in [2.05, 4.69) is 12.2 Å². The maximum atomic E-state index is 11.9. The van der Waals surface area contributed by atoms with Gasteiger partial charge < -0.3 is 14.4 Å². The lowest BCUT2D eigenvalue weighted by Crippen LogP contribution is -2.33. The highest BCUT2D eigenvalue weighted by atomic mass is 16.5. The summed E-state index contributed by atoms with van der Waals surface area (Å²) in [5.74, 6) is 0.983. The van der Waals surface area contributed by atoms with Gasteiger partial charge in [-0.05, 0) is 31.0 Å². The number of nitrogens with zero attached hydrogens (tertiary/aromatic N) is 1. The Morgan fingerprint density at radius 1 is 1.24 bits per heavy atom. The number of hydrogen-bond acceptors (Lipinski definition) is 4. The number of ether oxygens (including phenoxy) is 2. The van der Waals surface area contributed by atoms with Gasteiger partial charge in [-0.1, -0.05) is 19.1 Å². The van der Waals surface area contributed by atoms with Crippen molar-refractivity contribution in [1.29, 1.82) is 0 Å². The molecule has 1 saturated heterocycles. The van der Waals surface area contributed by atoms with Crippen LogP contribution in [-0.2, 0) is 9.53 Å². The Labute approximate surface area is 126 Å². The van der Waals surface area contributed by atoms with Gasteiger partial charge in [-0.2, -0.15) is 0 Å². The molecule has 1 atom stereocenters. The van der Waals surface area contributed by atoms with Crippen molar-refractivity contribution in [3.63, 3.8) is 0 Å². The second kappa shape index (κ2) is 8.00. The minimum atomic E-state index is -0.0711. The molecule has 5 nitrogen and oxygen atoms in total. The van der Waals surface area contributed by atoms with E-state index in [4.69, 9.17) is 9.47 Å². The Morgan fingerprint density at radius 3 is 2.67 bits per heavy atom. The summed E-state index contributed by atoms with van der Waals surface area (Å²) in [5, 5.41) is 3.24. The van der Waals surface area contributed by atoms with Crippen LogP contribution in [0.5, 0.6) is 5.75 Å². The monoisotopic (exact) mass is 292 g/mol. The molecule has 21 heavy (non-hydrogen) atoms. The van der Waals surface area contributed by atoms with Crippen molar-refractivity contribution >= 4 is 5.91 Å². The molecule has 116 valence electrons.